The molecule has 38 heavy (non-hydrogen) atoms. The molecule has 7 heteroatoms. The Morgan fingerprint density at radius 3 is 2.00 bits per heavy atom. The van der Waals surface area contributed by atoms with Gasteiger partial charge in [-0.2, -0.15) is 0 Å². The van der Waals surface area contributed by atoms with Gasteiger partial charge in [-0.3, -0.25) is 9.69 Å². The highest BCUT2D eigenvalue weighted by molar-refractivity contribution is 5.98. The lowest BCUT2D eigenvalue weighted by Gasteiger charge is -2.34. The Labute approximate surface area is 222 Å². The molecule has 2 aliphatic heterocycles. The number of carbonyl (C=O) groups is 3. The number of aliphatic carboxylic acids is 2. The number of hydrogen-bond donors (Lipinski definition) is 2. The van der Waals surface area contributed by atoms with Crippen LogP contribution >= 0.6 is 0 Å². The van der Waals surface area contributed by atoms with Crippen molar-refractivity contribution >= 4 is 17.8 Å². The van der Waals surface area contributed by atoms with Crippen molar-refractivity contribution in [2.45, 2.75) is 25.9 Å². The van der Waals surface area contributed by atoms with Crippen LogP contribution in [0.15, 0.2) is 91.0 Å². The minimum atomic E-state index is -1.26. The number of carbonyl (C=O) groups excluding carboxylic acids is 1. The minimum Gasteiger partial charge on any atom is -0.478 e. The van der Waals surface area contributed by atoms with Crippen LogP contribution in [-0.2, 0) is 22.7 Å². The smallest absolute Gasteiger partial charge is 0.328 e. The number of fused-ring (bicyclic) bond motifs is 1. The predicted molar refractivity (Wildman–Crippen MR) is 145 cm³/mol. The van der Waals surface area contributed by atoms with Crippen LogP contribution in [0.5, 0.6) is 0 Å². The van der Waals surface area contributed by atoms with Gasteiger partial charge < -0.3 is 15.1 Å². The maximum Gasteiger partial charge on any atom is 0.328 e. The molecule has 0 aliphatic carbocycles. The van der Waals surface area contributed by atoms with Gasteiger partial charge in [0.15, 0.2) is 0 Å². The summed E-state index contributed by atoms with van der Waals surface area (Å²) in [5, 5.41) is 15.6. The van der Waals surface area contributed by atoms with Crippen LogP contribution in [0.4, 0.5) is 0 Å². The Morgan fingerprint density at radius 2 is 1.37 bits per heavy atom. The van der Waals surface area contributed by atoms with Crippen LogP contribution < -0.4 is 0 Å². The Morgan fingerprint density at radius 1 is 0.789 bits per heavy atom. The predicted octanol–water partition coefficient (Wildman–Crippen LogP) is 4.93. The van der Waals surface area contributed by atoms with Gasteiger partial charge in [0.25, 0.3) is 5.91 Å². The van der Waals surface area contributed by atoms with E-state index in [0.29, 0.717) is 18.1 Å². The molecule has 2 aliphatic rings. The molecule has 3 aromatic rings. The van der Waals surface area contributed by atoms with Crippen LogP contribution in [0.1, 0.15) is 34.3 Å². The zero-order valence-corrected chi connectivity index (χ0v) is 21.2. The average molecular weight is 513 g/mol. The molecule has 3 aromatic carbocycles. The van der Waals surface area contributed by atoms with Crippen LogP contribution in [-0.4, -0.2) is 57.5 Å². The van der Waals surface area contributed by atoms with Gasteiger partial charge in [-0.05, 0) is 60.2 Å². The summed E-state index contributed by atoms with van der Waals surface area (Å²) in [6.45, 7) is 4.86. The number of carboxylic acid groups (broad SMARTS) is 2. The van der Waals surface area contributed by atoms with E-state index < -0.39 is 11.9 Å². The van der Waals surface area contributed by atoms with E-state index in [9.17, 15) is 14.4 Å². The number of piperidine rings is 1. The first-order chi connectivity index (χ1) is 18.4. The van der Waals surface area contributed by atoms with Gasteiger partial charge in [0.1, 0.15) is 0 Å². The Kier molecular flexibility index (Phi) is 9.06. The van der Waals surface area contributed by atoms with E-state index in [1.165, 1.54) is 22.3 Å². The fourth-order valence-corrected chi connectivity index (χ4v) is 5.04. The molecule has 0 atom stereocenters. The fraction of sp³-hybridized carbons (Fsp3) is 0.258. The number of amides is 1. The van der Waals surface area contributed by atoms with Crippen molar-refractivity contribution in [1.82, 2.24) is 9.80 Å². The Hall–Kier alpha value is -4.23. The maximum absolute atomic E-state index is 12.7. The quantitative estimate of drug-likeness (QED) is 0.436. The van der Waals surface area contributed by atoms with Gasteiger partial charge in [0.05, 0.1) is 0 Å². The molecule has 7 nitrogen and oxygen atoms in total. The van der Waals surface area contributed by atoms with Gasteiger partial charge in [-0.25, -0.2) is 9.59 Å². The molecule has 196 valence electrons. The molecule has 2 N–H and O–H groups in total. The fourth-order valence-electron chi connectivity index (χ4n) is 5.04. The third-order valence-electron chi connectivity index (χ3n) is 6.95. The molecule has 0 bridgehead atoms. The van der Waals surface area contributed by atoms with Crippen LogP contribution in [0.2, 0.25) is 0 Å². The minimum absolute atomic E-state index is 0.213. The number of hydrogen-bond acceptors (Lipinski definition) is 4. The number of likely N-dealkylation sites (tertiary alicyclic amines) is 1. The standard InChI is InChI=1S/C27H28N2O.C4H4O4/c30-27-26-13-7-5-11-24(26)20-29(27)18-21-14-16-28(17-15-21)19-23-10-4-6-12-25(23)22-8-2-1-3-9-22;5-3(6)1-2-4(7)8/h1-13,21H,14-20H2;1-2H,(H,5,6)(H,7,8). The maximum atomic E-state index is 12.7. The molecule has 0 spiro atoms. The molecule has 0 saturated carbocycles. The third-order valence-corrected chi connectivity index (χ3v) is 6.95. The number of benzene rings is 3. The highest BCUT2D eigenvalue weighted by atomic mass is 16.4. The first kappa shape index (κ1) is 26.8. The topological polar surface area (TPSA) is 98.1 Å². The number of nitrogens with zero attached hydrogens (tertiary/aromatic N) is 2. The first-order valence-corrected chi connectivity index (χ1v) is 12.8. The van der Waals surface area contributed by atoms with Crippen LogP contribution in [0.3, 0.4) is 0 Å². The lowest BCUT2D eigenvalue weighted by atomic mass is 9.94. The van der Waals surface area contributed by atoms with Gasteiger partial charge in [-0.1, -0.05) is 72.8 Å². The summed E-state index contributed by atoms with van der Waals surface area (Å²) in [4.78, 5) is 36.4. The second-order valence-electron chi connectivity index (χ2n) is 9.60. The van der Waals surface area contributed by atoms with E-state index in [0.717, 1.165) is 51.1 Å². The van der Waals surface area contributed by atoms with Crippen molar-refractivity contribution in [2.24, 2.45) is 5.92 Å². The normalized spacial score (nSPS) is 15.7. The summed E-state index contributed by atoms with van der Waals surface area (Å²) in [6.07, 6.45) is 3.44. The van der Waals surface area contributed by atoms with Gasteiger partial charge in [0, 0.05) is 37.3 Å². The highest BCUT2D eigenvalue weighted by Crippen LogP contribution is 2.29. The van der Waals surface area contributed by atoms with E-state index in [2.05, 4.69) is 70.5 Å². The van der Waals surface area contributed by atoms with Crippen LogP contribution in [0, 0.1) is 5.92 Å². The summed E-state index contributed by atoms with van der Waals surface area (Å²) >= 11 is 0. The van der Waals surface area contributed by atoms with Crippen molar-refractivity contribution < 1.29 is 24.6 Å². The molecule has 0 radical (unpaired) electrons. The van der Waals surface area contributed by atoms with Crippen LogP contribution in [0.25, 0.3) is 11.1 Å². The largest absolute Gasteiger partial charge is 0.478 e. The average Bonchev–Trinajstić information content (AvgIpc) is 3.25. The third kappa shape index (κ3) is 7.17. The molecule has 1 amide bonds. The van der Waals surface area contributed by atoms with E-state index in [1.54, 1.807) is 0 Å². The van der Waals surface area contributed by atoms with Gasteiger partial charge in [0.2, 0.25) is 0 Å². The van der Waals surface area contributed by atoms with Crippen molar-refractivity contribution in [3.05, 3.63) is 108 Å². The molecular weight excluding hydrogens is 480 g/mol. The van der Waals surface area contributed by atoms with E-state index >= 15 is 0 Å². The Bertz CT molecular complexity index is 1280. The molecule has 2 heterocycles. The first-order valence-electron chi connectivity index (χ1n) is 12.8. The highest BCUT2D eigenvalue weighted by Gasteiger charge is 2.30. The monoisotopic (exact) mass is 512 g/mol. The summed E-state index contributed by atoms with van der Waals surface area (Å²) in [6, 6.07) is 27.5. The second-order valence-corrected chi connectivity index (χ2v) is 9.60. The summed E-state index contributed by atoms with van der Waals surface area (Å²) in [5.41, 5.74) is 6.09. The van der Waals surface area contributed by atoms with Crippen molar-refractivity contribution in [3.63, 3.8) is 0 Å². The van der Waals surface area contributed by atoms with E-state index in [4.69, 9.17) is 10.2 Å². The molecule has 1 fully saturated rings. The summed E-state index contributed by atoms with van der Waals surface area (Å²) in [7, 11) is 0. The van der Waals surface area contributed by atoms with Gasteiger partial charge >= 0.3 is 11.9 Å². The zero-order chi connectivity index (χ0) is 26.9. The second kappa shape index (κ2) is 12.8. The zero-order valence-electron chi connectivity index (χ0n) is 21.2. The molecule has 0 unspecified atom stereocenters. The lowest BCUT2D eigenvalue weighted by Crippen LogP contribution is -2.38. The summed E-state index contributed by atoms with van der Waals surface area (Å²) in [5.74, 6) is -1.70. The van der Waals surface area contributed by atoms with Crippen molar-refractivity contribution in [1.29, 1.82) is 0 Å². The lowest BCUT2D eigenvalue weighted by molar-refractivity contribution is -0.134. The molecular formula is C31H32N2O5. The number of rotatable bonds is 7. The van der Waals surface area contributed by atoms with E-state index in [-0.39, 0.29) is 5.91 Å². The molecule has 0 aromatic heterocycles. The van der Waals surface area contributed by atoms with E-state index in [1.807, 2.05) is 18.2 Å². The molecule has 5 rings (SSSR count). The van der Waals surface area contributed by atoms with Crippen molar-refractivity contribution in [3.8, 4) is 11.1 Å². The Balaban J connectivity index is 0.000000368. The van der Waals surface area contributed by atoms with Gasteiger partial charge in [-0.15, -0.1) is 0 Å². The van der Waals surface area contributed by atoms with Crippen molar-refractivity contribution in [2.75, 3.05) is 19.6 Å². The molecule has 1 saturated heterocycles. The number of carboxylic acids is 2. The SMILES string of the molecule is O=C(O)C=CC(=O)O.O=C1c2ccccc2CN1CC1CCN(Cc2ccccc2-c2ccccc2)CC1. The summed E-state index contributed by atoms with van der Waals surface area (Å²) < 4.78 is 0.